The molecule has 0 aliphatic carbocycles. The zero-order valence-corrected chi connectivity index (χ0v) is 11.9. The highest BCUT2D eigenvalue weighted by Gasteiger charge is 2.18. The van der Waals surface area contributed by atoms with Crippen LogP contribution in [-0.4, -0.2) is 8.42 Å². The maximum atomic E-state index is 13.3. The predicted octanol–water partition coefficient (Wildman–Crippen LogP) is 2.54. The number of benzene rings is 2. The molecular formula is C13H12ClFN2O2S. The number of sulfonamides is 1. The molecule has 2 aromatic carbocycles. The first kappa shape index (κ1) is 14.8. The zero-order valence-electron chi connectivity index (χ0n) is 10.3. The van der Waals surface area contributed by atoms with Crippen LogP contribution in [0.2, 0.25) is 5.02 Å². The molecule has 0 aromatic heterocycles. The highest BCUT2D eigenvalue weighted by atomic mass is 35.5. The van der Waals surface area contributed by atoms with Crippen LogP contribution in [0.5, 0.6) is 0 Å². The number of hydrogen-bond acceptors (Lipinski definition) is 3. The molecule has 2 aromatic rings. The van der Waals surface area contributed by atoms with E-state index in [1.807, 2.05) is 0 Å². The third-order valence-electron chi connectivity index (χ3n) is 2.68. The number of halogens is 2. The van der Waals surface area contributed by atoms with Crippen LogP contribution in [0.3, 0.4) is 0 Å². The molecule has 106 valence electrons. The van der Waals surface area contributed by atoms with Gasteiger partial charge in [0, 0.05) is 11.6 Å². The lowest BCUT2D eigenvalue weighted by atomic mass is 10.2. The number of nitrogens with one attached hydrogen (secondary N) is 1. The van der Waals surface area contributed by atoms with Gasteiger partial charge >= 0.3 is 0 Å². The van der Waals surface area contributed by atoms with Crippen molar-refractivity contribution in [1.82, 2.24) is 4.72 Å². The molecule has 0 fully saturated rings. The average molecular weight is 315 g/mol. The summed E-state index contributed by atoms with van der Waals surface area (Å²) in [5.74, 6) is -0.764. The minimum absolute atomic E-state index is 0.0649. The van der Waals surface area contributed by atoms with Gasteiger partial charge in [0.15, 0.2) is 0 Å². The van der Waals surface area contributed by atoms with Gasteiger partial charge in [-0.3, -0.25) is 0 Å². The summed E-state index contributed by atoms with van der Waals surface area (Å²) in [5, 5.41) is 0.561. The molecule has 0 saturated heterocycles. The first-order valence-corrected chi connectivity index (χ1v) is 7.54. The van der Waals surface area contributed by atoms with Crippen LogP contribution in [-0.2, 0) is 16.6 Å². The molecule has 0 unspecified atom stereocenters. The molecule has 0 spiro atoms. The largest absolute Gasteiger partial charge is 0.395 e. The van der Waals surface area contributed by atoms with Crippen LogP contribution < -0.4 is 10.5 Å². The van der Waals surface area contributed by atoms with E-state index >= 15 is 0 Å². The highest BCUT2D eigenvalue weighted by Crippen LogP contribution is 2.21. The van der Waals surface area contributed by atoms with E-state index in [-0.39, 0.29) is 11.4 Å². The Hall–Kier alpha value is -1.63. The Morgan fingerprint density at radius 1 is 1.15 bits per heavy atom. The highest BCUT2D eigenvalue weighted by molar-refractivity contribution is 7.89. The summed E-state index contributed by atoms with van der Waals surface area (Å²) in [4.78, 5) is -0.272. The Balaban J connectivity index is 2.19. The third-order valence-corrected chi connectivity index (χ3v) is 4.39. The maximum Gasteiger partial charge on any atom is 0.243 e. The molecule has 3 N–H and O–H groups in total. The Bertz CT molecular complexity index is 718. The van der Waals surface area contributed by atoms with E-state index in [9.17, 15) is 12.8 Å². The molecule has 0 atom stereocenters. The number of hydrogen-bond donors (Lipinski definition) is 2. The fraction of sp³-hybridized carbons (Fsp3) is 0.0769. The quantitative estimate of drug-likeness (QED) is 0.852. The topological polar surface area (TPSA) is 72.2 Å². The van der Waals surface area contributed by atoms with Crippen LogP contribution in [0.1, 0.15) is 5.56 Å². The van der Waals surface area contributed by atoms with Gasteiger partial charge in [0.05, 0.1) is 5.69 Å². The van der Waals surface area contributed by atoms with Gasteiger partial charge in [-0.25, -0.2) is 17.5 Å². The summed E-state index contributed by atoms with van der Waals surface area (Å²) in [7, 11) is -3.87. The molecule has 0 radical (unpaired) electrons. The SMILES string of the molecule is Nc1c(F)cccc1S(=O)(=O)NCc1ccc(Cl)cc1. The smallest absolute Gasteiger partial charge is 0.243 e. The third kappa shape index (κ3) is 3.27. The fourth-order valence-corrected chi connectivity index (χ4v) is 2.89. The second-order valence-electron chi connectivity index (χ2n) is 4.10. The van der Waals surface area contributed by atoms with Crippen LogP contribution in [0.15, 0.2) is 47.4 Å². The normalized spacial score (nSPS) is 11.5. The Morgan fingerprint density at radius 3 is 2.45 bits per heavy atom. The second kappa shape index (κ2) is 5.78. The molecule has 0 saturated carbocycles. The minimum Gasteiger partial charge on any atom is -0.395 e. The molecule has 0 heterocycles. The van der Waals surface area contributed by atoms with Crippen molar-refractivity contribution in [2.24, 2.45) is 0 Å². The summed E-state index contributed by atoms with van der Waals surface area (Å²) in [6.45, 7) is 0.0649. The van der Waals surface area contributed by atoms with Crippen molar-refractivity contribution in [3.05, 3.63) is 58.9 Å². The molecular weight excluding hydrogens is 303 g/mol. The lowest BCUT2D eigenvalue weighted by Gasteiger charge is -2.09. The standard InChI is InChI=1S/C13H12ClFN2O2S/c14-10-6-4-9(5-7-10)8-17-20(18,19)12-3-1-2-11(15)13(12)16/h1-7,17H,8,16H2. The number of nitrogen functional groups attached to an aromatic ring is 1. The Kier molecular flexibility index (Phi) is 4.27. The van der Waals surface area contributed by atoms with Gasteiger partial charge in [-0.15, -0.1) is 0 Å². The first-order valence-electron chi connectivity index (χ1n) is 5.68. The van der Waals surface area contributed by atoms with Crippen LogP contribution in [0, 0.1) is 5.82 Å². The van der Waals surface area contributed by atoms with E-state index in [1.165, 1.54) is 12.1 Å². The molecule has 7 heteroatoms. The maximum absolute atomic E-state index is 13.3. The number of nitrogens with two attached hydrogens (primary N) is 1. The molecule has 0 bridgehead atoms. The lowest BCUT2D eigenvalue weighted by Crippen LogP contribution is -2.24. The number of anilines is 1. The average Bonchev–Trinajstić information content (AvgIpc) is 2.41. The summed E-state index contributed by atoms with van der Waals surface area (Å²) in [6.07, 6.45) is 0. The van der Waals surface area contributed by atoms with E-state index in [0.717, 1.165) is 11.6 Å². The van der Waals surface area contributed by atoms with Gasteiger partial charge in [0.1, 0.15) is 10.7 Å². The Morgan fingerprint density at radius 2 is 1.80 bits per heavy atom. The van der Waals surface area contributed by atoms with Crippen molar-refractivity contribution in [1.29, 1.82) is 0 Å². The molecule has 4 nitrogen and oxygen atoms in total. The summed E-state index contributed by atoms with van der Waals surface area (Å²) in [6, 6.07) is 10.3. The molecule has 0 amide bonds. The Labute approximate surface area is 121 Å². The van der Waals surface area contributed by atoms with E-state index in [4.69, 9.17) is 17.3 Å². The summed E-state index contributed by atoms with van der Waals surface area (Å²) in [5.41, 5.74) is 5.78. The van der Waals surface area contributed by atoms with Crippen molar-refractivity contribution in [3.8, 4) is 0 Å². The van der Waals surface area contributed by atoms with E-state index in [0.29, 0.717) is 5.02 Å². The summed E-state index contributed by atoms with van der Waals surface area (Å²) < 4.78 is 39.8. The van der Waals surface area contributed by atoms with Crippen LogP contribution in [0.25, 0.3) is 0 Å². The first-order chi connectivity index (χ1) is 9.40. The molecule has 20 heavy (non-hydrogen) atoms. The summed E-state index contributed by atoms with van der Waals surface area (Å²) >= 11 is 5.74. The van der Waals surface area contributed by atoms with Gasteiger partial charge in [0.2, 0.25) is 10.0 Å². The van der Waals surface area contributed by atoms with E-state index in [1.54, 1.807) is 24.3 Å². The van der Waals surface area contributed by atoms with Crippen molar-refractivity contribution >= 4 is 27.3 Å². The van der Waals surface area contributed by atoms with Gasteiger partial charge in [-0.05, 0) is 29.8 Å². The monoisotopic (exact) mass is 314 g/mol. The van der Waals surface area contributed by atoms with Gasteiger partial charge in [-0.1, -0.05) is 29.8 Å². The van der Waals surface area contributed by atoms with E-state index < -0.39 is 21.5 Å². The predicted molar refractivity (Wildman–Crippen MR) is 76.3 cm³/mol. The van der Waals surface area contributed by atoms with Crippen molar-refractivity contribution < 1.29 is 12.8 Å². The van der Waals surface area contributed by atoms with Gasteiger partial charge in [0.25, 0.3) is 0 Å². The van der Waals surface area contributed by atoms with Crippen molar-refractivity contribution in [3.63, 3.8) is 0 Å². The van der Waals surface area contributed by atoms with Gasteiger partial charge < -0.3 is 5.73 Å². The molecule has 0 aliphatic heterocycles. The van der Waals surface area contributed by atoms with Crippen LogP contribution >= 0.6 is 11.6 Å². The number of para-hydroxylation sites is 1. The van der Waals surface area contributed by atoms with E-state index in [2.05, 4.69) is 4.72 Å². The zero-order chi connectivity index (χ0) is 14.8. The van der Waals surface area contributed by atoms with Crippen LogP contribution in [0.4, 0.5) is 10.1 Å². The lowest BCUT2D eigenvalue weighted by molar-refractivity contribution is 0.579. The van der Waals surface area contributed by atoms with Crippen molar-refractivity contribution in [2.45, 2.75) is 11.4 Å². The van der Waals surface area contributed by atoms with Gasteiger partial charge in [-0.2, -0.15) is 0 Å². The fourth-order valence-electron chi connectivity index (χ4n) is 1.61. The minimum atomic E-state index is -3.87. The molecule has 0 aliphatic rings. The second-order valence-corrected chi connectivity index (χ2v) is 6.27. The van der Waals surface area contributed by atoms with Crippen molar-refractivity contribution in [2.75, 3.05) is 5.73 Å². The molecule has 2 rings (SSSR count). The number of rotatable bonds is 4.